The van der Waals surface area contributed by atoms with Crippen molar-refractivity contribution < 1.29 is 9.50 Å². The minimum Gasteiger partial charge on any atom is -0.377 e. The third-order valence-corrected chi connectivity index (χ3v) is 7.99. The SMILES string of the molecule is CC(C)C1C2C(NN1Cc1ncc[nH]1)C(O)N(C1C=CC=C(Cl)C1F)C2C1=CC=C(Cl)CC1. The van der Waals surface area contributed by atoms with E-state index in [-0.39, 0.29) is 29.1 Å². The molecule has 6 nitrogen and oxygen atoms in total. The van der Waals surface area contributed by atoms with Crippen LogP contribution >= 0.6 is 23.2 Å². The minimum absolute atomic E-state index is 0.0526. The third kappa shape index (κ3) is 4.13. The predicted molar refractivity (Wildman–Crippen MR) is 128 cm³/mol. The lowest BCUT2D eigenvalue weighted by atomic mass is 9.79. The van der Waals surface area contributed by atoms with E-state index in [1.54, 1.807) is 18.3 Å². The van der Waals surface area contributed by atoms with E-state index in [9.17, 15) is 5.11 Å². The summed E-state index contributed by atoms with van der Waals surface area (Å²) in [7, 11) is 0. The number of aliphatic hydroxyl groups excluding tert-OH is 1. The van der Waals surface area contributed by atoms with Crippen molar-refractivity contribution in [1.29, 1.82) is 0 Å². The summed E-state index contributed by atoms with van der Waals surface area (Å²) in [5.41, 5.74) is 4.74. The van der Waals surface area contributed by atoms with Gasteiger partial charge in [0.05, 0.1) is 23.7 Å². The van der Waals surface area contributed by atoms with Crippen LogP contribution in [0.1, 0.15) is 32.5 Å². The number of aromatic amines is 1. The molecule has 3 N–H and O–H groups in total. The molecule has 2 aliphatic heterocycles. The Morgan fingerprint density at radius 2 is 2.06 bits per heavy atom. The van der Waals surface area contributed by atoms with Crippen LogP contribution in [0.5, 0.6) is 0 Å². The second-order valence-electron chi connectivity index (χ2n) is 9.62. The number of halogens is 3. The highest BCUT2D eigenvalue weighted by atomic mass is 35.5. The van der Waals surface area contributed by atoms with E-state index in [0.29, 0.717) is 12.5 Å². The Morgan fingerprint density at radius 1 is 1.24 bits per heavy atom. The van der Waals surface area contributed by atoms with Gasteiger partial charge in [0.15, 0.2) is 6.17 Å². The summed E-state index contributed by atoms with van der Waals surface area (Å²) in [5.74, 6) is 1.21. The van der Waals surface area contributed by atoms with Gasteiger partial charge in [-0.25, -0.2) is 19.8 Å². The van der Waals surface area contributed by atoms with E-state index in [2.05, 4.69) is 40.3 Å². The van der Waals surface area contributed by atoms with E-state index in [0.717, 1.165) is 23.7 Å². The first-order valence-corrected chi connectivity index (χ1v) is 12.3. The van der Waals surface area contributed by atoms with Gasteiger partial charge >= 0.3 is 0 Å². The van der Waals surface area contributed by atoms with Gasteiger partial charge in [-0.15, -0.1) is 0 Å². The number of hydrogen-bond donors (Lipinski definition) is 3. The molecular formula is C24H30Cl2FN5O. The highest BCUT2D eigenvalue weighted by Crippen LogP contribution is 2.47. The highest BCUT2D eigenvalue weighted by Gasteiger charge is 2.60. The number of H-pyrrole nitrogens is 1. The van der Waals surface area contributed by atoms with Gasteiger partial charge in [0.1, 0.15) is 12.1 Å². The van der Waals surface area contributed by atoms with Gasteiger partial charge in [-0.2, -0.15) is 0 Å². The van der Waals surface area contributed by atoms with Crippen LogP contribution in [0.25, 0.3) is 0 Å². The lowest BCUT2D eigenvalue weighted by molar-refractivity contribution is -0.0410. The second kappa shape index (κ2) is 9.29. The number of hydrogen-bond acceptors (Lipinski definition) is 5. The summed E-state index contributed by atoms with van der Waals surface area (Å²) in [5, 5.41) is 14.8. The normalized spacial score (nSPS) is 37.3. The first kappa shape index (κ1) is 23.3. The molecule has 7 unspecified atom stereocenters. The summed E-state index contributed by atoms with van der Waals surface area (Å²) in [6, 6.07) is -0.917. The summed E-state index contributed by atoms with van der Waals surface area (Å²) in [4.78, 5) is 9.49. The predicted octanol–water partition coefficient (Wildman–Crippen LogP) is 3.98. The number of allylic oxidation sites excluding steroid dienone is 5. The molecule has 2 aliphatic carbocycles. The van der Waals surface area contributed by atoms with Crippen molar-refractivity contribution in [3.05, 3.63) is 64.2 Å². The average molecular weight is 494 g/mol. The van der Waals surface area contributed by atoms with Crippen molar-refractivity contribution >= 4 is 23.2 Å². The van der Waals surface area contributed by atoms with Crippen LogP contribution in [0.2, 0.25) is 0 Å². The van der Waals surface area contributed by atoms with Crippen molar-refractivity contribution in [1.82, 2.24) is 25.3 Å². The van der Waals surface area contributed by atoms with Crippen LogP contribution in [-0.4, -0.2) is 61.6 Å². The standard InChI is InChI=1S/C24H30Cl2FN5O/c1-13(2)22-19-21(30-31(22)12-18-28-10-11-29-18)24(33)32(17-5-3-4-16(26)20(17)27)23(19)14-6-8-15(25)9-7-14/h3-6,8,10-11,13,17,19-24,30,33H,7,9,12H2,1-2H3,(H,28,29). The third-order valence-electron chi connectivity index (χ3n) is 7.34. The maximum Gasteiger partial charge on any atom is 0.155 e. The molecule has 9 heteroatoms. The van der Waals surface area contributed by atoms with E-state index >= 15 is 4.39 Å². The summed E-state index contributed by atoms with van der Waals surface area (Å²) < 4.78 is 15.3. The molecule has 2 saturated heterocycles. The van der Waals surface area contributed by atoms with Gasteiger partial charge in [0, 0.05) is 35.4 Å². The summed E-state index contributed by atoms with van der Waals surface area (Å²) in [6.07, 6.45) is 12.0. The Bertz CT molecular complexity index is 991. The topological polar surface area (TPSA) is 67.4 Å². The molecule has 0 aromatic carbocycles. The zero-order chi connectivity index (χ0) is 23.3. The van der Waals surface area contributed by atoms with Crippen LogP contribution in [0, 0.1) is 11.8 Å². The molecule has 0 bridgehead atoms. The van der Waals surface area contributed by atoms with Crippen molar-refractivity contribution in [2.75, 3.05) is 0 Å². The smallest absolute Gasteiger partial charge is 0.155 e. The molecule has 33 heavy (non-hydrogen) atoms. The highest BCUT2D eigenvalue weighted by molar-refractivity contribution is 6.30. The molecule has 7 atom stereocenters. The maximum atomic E-state index is 15.3. The number of rotatable bonds is 5. The van der Waals surface area contributed by atoms with Crippen molar-refractivity contribution in [3.63, 3.8) is 0 Å². The van der Waals surface area contributed by atoms with Gasteiger partial charge in [0.25, 0.3) is 0 Å². The van der Waals surface area contributed by atoms with E-state index in [1.165, 1.54) is 5.57 Å². The zero-order valence-electron chi connectivity index (χ0n) is 18.7. The van der Waals surface area contributed by atoms with Crippen LogP contribution < -0.4 is 5.43 Å². The number of nitrogens with zero attached hydrogens (tertiary/aromatic N) is 3. The monoisotopic (exact) mass is 493 g/mol. The molecule has 5 rings (SSSR count). The molecule has 0 spiro atoms. The van der Waals surface area contributed by atoms with Gasteiger partial charge in [-0.3, -0.25) is 4.90 Å². The molecule has 0 radical (unpaired) electrons. The number of likely N-dealkylation sites (tertiary alicyclic amines) is 1. The Balaban J connectivity index is 1.54. The Hall–Kier alpha value is -1.48. The van der Waals surface area contributed by atoms with E-state index < -0.39 is 18.4 Å². The molecule has 4 aliphatic rings. The Labute approximate surface area is 203 Å². The van der Waals surface area contributed by atoms with Crippen LogP contribution in [0.15, 0.2) is 58.4 Å². The van der Waals surface area contributed by atoms with Crippen molar-refractivity contribution in [3.8, 4) is 0 Å². The molecule has 178 valence electrons. The number of imidazole rings is 1. The van der Waals surface area contributed by atoms with Crippen LogP contribution in [-0.2, 0) is 6.54 Å². The molecule has 1 aromatic rings. The quantitative estimate of drug-likeness (QED) is 0.578. The van der Waals surface area contributed by atoms with Crippen LogP contribution in [0.3, 0.4) is 0 Å². The lowest BCUT2D eigenvalue weighted by Gasteiger charge is -2.42. The zero-order valence-corrected chi connectivity index (χ0v) is 20.2. The van der Waals surface area contributed by atoms with Gasteiger partial charge in [-0.1, -0.05) is 60.9 Å². The summed E-state index contributed by atoms with van der Waals surface area (Å²) >= 11 is 12.5. The van der Waals surface area contributed by atoms with E-state index in [1.807, 2.05) is 23.2 Å². The van der Waals surface area contributed by atoms with Crippen molar-refractivity contribution in [2.45, 2.75) is 69.8 Å². The van der Waals surface area contributed by atoms with Crippen LogP contribution in [0.4, 0.5) is 4.39 Å². The number of hydrazine groups is 1. The number of fused-ring (bicyclic) bond motifs is 1. The van der Waals surface area contributed by atoms with Gasteiger partial charge < -0.3 is 10.1 Å². The first-order chi connectivity index (χ1) is 15.9. The van der Waals surface area contributed by atoms with E-state index in [4.69, 9.17) is 23.2 Å². The van der Waals surface area contributed by atoms with Crippen molar-refractivity contribution in [2.24, 2.45) is 11.8 Å². The molecule has 3 heterocycles. The maximum absolute atomic E-state index is 15.3. The fourth-order valence-corrected chi connectivity index (χ4v) is 6.38. The first-order valence-electron chi connectivity index (χ1n) is 11.6. The fraction of sp³-hybridized carbons (Fsp3) is 0.542. The molecule has 2 fully saturated rings. The number of nitrogens with one attached hydrogen (secondary N) is 2. The minimum atomic E-state index is -1.38. The average Bonchev–Trinajstić information content (AvgIpc) is 3.48. The lowest BCUT2D eigenvalue weighted by Crippen LogP contribution is -2.55. The largest absolute Gasteiger partial charge is 0.377 e. The number of aliphatic hydroxyl groups is 1. The molecule has 1 aromatic heterocycles. The fourth-order valence-electron chi connectivity index (χ4n) is 6.02. The molecule has 0 amide bonds. The molecule has 0 saturated carbocycles. The Kier molecular flexibility index (Phi) is 6.55. The second-order valence-corrected chi connectivity index (χ2v) is 10.5. The van der Waals surface area contributed by atoms with Gasteiger partial charge in [-0.05, 0) is 30.9 Å². The summed E-state index contributed by atoms with van der Waals surface area (Å²) in [6.45, 7) is 4.98. The Morgan fingerprint density at radius 3 is 2.73 bits per heavy atom. The number of alkyl halides is 1. The number of aromatic nitrogens is 2. The molecular weight excluding hydrogens is 464 g/mol. The van der Waals surface area contributed by atoms with Gasteiger partial charge in [0.2, 0.25) is 0 Å².